The molecule has 0 aromatic carbocycles. The van der Waals surface area contributed by atoms with E-state index in [0.717, 1.165) is 11.3 Å². The molecular weight excluding hydrogens is 476 g/mol. The molecule has 0 bridgehead atoms. The quantitative estimate of drug-likeness (QED) is 0.516. The van der Waals surface area contributed by atoms with Crippen molar-refractivity contribution in [3.05, 3.63) is 46.9 Å². The Kier molecular flexibility index (Phi) is 6.63. The van der Waals surface area contributed by atoms with E-state index in [0.29, 0.717) is 28.2 Å². The Morgan fingerprint density at radius 1 is 1.34 bits per heavy atom. The predicted octanol–water partition coefficient (Wildman–Crippen LogP) is 4.91. The van der Waals surface area contributed by atoms with Crippen molar-refractivity contribution < 1.29 is 23.1 Å². The van der Waals surface area contributed by atoms with Gasteiger partial charge in [-0.3, -0.25) is 4.79 Å². The Bertz CT molecular complexity index is 1260. The van der Waals surface area contributed by atoms with Crippen molar-refractivity contribution >= 4 is 35.1 Å². The highest BCUT2D eigenvalue weighted by Gasteiger charge is 2.48. The Hall–Kier alpha value is -3.34. The van der Waals surface area contributed by atoms with Crippen LogP contribution in [0.2, 0.25) is 0 Å². The fourth-order valence-corrected chi connectivity index (χ4v) is 5.01. The van der Waals surface area contributed by atoms with Gasteiger partial charge >= 0.3 is 6.09 Å². The van der Waals surface area contributed by atoms with Gasteiger partial charge in [0.2, 0.25) is 0 Å². The lowest BCUT2D eigenvalue weighted by molar-refractivity contribution is -0.0723. The lowest BCUT2D eigenvalue weighted by Gasteiger charge is -2.38. The standard InChI is InChI=1S/C24H27F2N5O3S/c1-5-17-14(16-13-27-19-9-7-11-28-31(16)19)12-18(35-17)21(32)30-20-15(8-6-10-24(20,25)26)29-22(33)34-23(2,3)4/h5,7,9,11-13,15,20H,1,6,8,10H2,2-4H3,(H,29,33)(H,30,32)/t15-,20?/m1/s1. The van der Waals surface area contributed by atoms with Gasteiger partial charge in [-0.2, -0.15) is 5.10 Å². The summed E-state index contributed by atoms with van der Waals surface area (Å²) in [6, 6.07) is 2.63. The van der Waals surface area contributed by atoms with Crippen molar-refractivity contribution in [3.63, 3.8) is 0 Å². The van der Waals surface area contributed by atoms with Crippen LogP contribution in [0.15, 0.2) is 37.2 Å². The van der Waals surface area contributed by atoms with E-state index < -0.39 is 35.6 Å². The number of carbonyl (C=O) groups is 2. The van der Waals surface area contributed by atoms with E-state index in [1.165, 1.54) is 0 Å². The summed E-state index contributed by atoms with van der Waals surface area (Å²) in [5.74, 6) is -3.85. The second-order valence-corrected chi connectivity index (χ2v) is 10.5. The number of halogens is 2. The summed E-state index contributed by atoms with van der Waals surface area (Å²) in [7, 11) is 0. The number of carbonyl (C=O) groups excluding carboxylic acids is 2. The molecule has 1 aliphatic rings. The van der Waals surface area contributed by atoms with Crippen LogP contribution in [0.25, 0.3) is 23.0 Å². The molecule has 186 valence electrons. The highest BCUT2D eigenvalue weighted by atomic mass is 32.1. The SMILES string of the molecule is C=Cc1sc(C(=O)NC2[C@H](NC(=O)OC(C)(C)C)CCCC2(F)F)cc1-c1cnc2cccnn12. The topological polar surface area (TPSA) is 97.6 Å². The van der Waals surface area contributed by atoms with Crippen LogP contribution in [-0.4, -0.2) is 50.2 Å². The second-order valence-electron chi connectivity index (χ2n) is 9.39. The highest BCUT2D eigenvalue weighted by Crippen LogP contribution is 2.36. The number of nitrogens with zero attached hydrogens (tertiary/aromatic N) is 3. The zero-order valence-corrected chi connectivity index (χ0v) is 20.5. The lowest BCUT2D eigenvalue weighted by Crippen LogP contribution is -2.62. The van der Waals surface area contributed by atoms with Gasteiger partial charge in [-0.15, -0.1) is 11.3 Å². The van der Waals surface area contributed by atoms with Gasteiger partial charge in [-0.1, -0.05) is 12.7 Å². The number of imidazole rings is 1. The summed E-state index contributed by atoms with van der Waals surface area (Å²) < 4.78 is 36.6. The van der Waals surface area contributed by atoms with Gasteiger partial charge in [0, 0.05) is 23.1 Å². The summed E-state index contributed by atoms with van der Waals surface area (Å²) in [5, 5.41) is 9.28. The summed E-state index contributed by atoms with van der Waals surface area (Å²) >= 11 is 1.13. The molecule has 0 spiro atoms. The van der Waals surface area contributed by atoms with E-state index >= 15 is 0 Å². The number of alkyl carbamates (subject to hydrolysis) is 1. The minimum Gasteiger partial charge on any atom is -0.444 e. The molecule has 2 atom stereocenters. The fourth-order valence-electron chi connectivity index (χ4n) is 4.09. The van der Waals surface area contributed by atoms with Crippen molar-refractivity contribution in [2.75, 3.05) is 0 Å². The molecule has 2 amide bonds. The number of alkyl halides is 2. The number of rotatable bonds is 5. The summed E-state index contributed by atoms with van der Waals surface area (Å²) in [6.07, 6.45) is 4.18. The van der Waals surface area contributed by atoms with Crippen LogP contribution < -0.4 is 10.6 Å². The Morgan fingerprint density at radius 2 is 2.11 bits per heavy atom. The molecule has 8 nitrogen and oxygen atoms in total. The maximum atomic E-state index is 14.9. The van der Waals surface area contributed by atoms with Gasteiger partial charge in [0.05, 0.1) is 22.8 Å². The highest BCUT2D eigenvalue weighted by molar-refractivity contribution is 7.15. The molecule has 11 heteroatoms. The second kappa shape index (κ2) is 9.37. The molecular formula is C24H27F2N5O3S. The monoisotopic (exact) mass is 503 g/mol. The number of hydrogen-bond donors (Lipinski definition) is 2. The van der Waals surface area contributed by atoms with Crippen molar-refractivity contribution in [3.8, 4) is 11.3 Å². The van der Waals surface area contributed by atoms with E-state index in [-0.39, 0.29) is 17.7 Å². The smallest absolute Gasteiger partial charge is 0.407 e. The van der Waals surface area contributed by atoms with Crippen LogP contribution in [0.5, 0.6) is 0 Å². The minimum atomic E-state index is -3.19. The molecule has 1 saturated carbocycles. The van der Waals surface area contributed by atoms with Gasteiger partial charge < -0.3 is 15.4 Å². The van der Waals surface area contributed by atoms with Crippen LogP contribution in [-0.2, 0) is 4.74 Å². The molecule has 1 unspecified atom stereocenters. The number of amides is 2. The number of thiophene rings is 1. The summed E-state index contributed by atoms with van der Waals surface area (Å²) in [5.41, 5.74) is 1.17. The number of aromatic nitrogens is 3. The van der Waals surface area contributed by atoms with E-state index in [9.17, 15) is 18.4 Å². The average molecular weight is 504 g/mol. The molecule has 2 N–H and O–H groups in total. The zero-order valence-electron chi connectivity index (χ0n) is 19.7. The third-order valence-electron chi connectivity index (χ3n) is 5.60. The zero-order chi connectivity index (χ0) is 25.4. The molecule has 3 heterocycles. The normalized spacial score (nSPS) is 19.8. The van der Waals surface area contributed by atoms with Gasteiger partial charge in [0.1, 0.15) is 11.6 Å². The van der Waals surface area contributed by atoms with E-state index in [4.69, 9.17) is 4.74 Å². The van der Waals surface area contributed by atoms with E-state index in [1.807, 2.05) is 0 Å². The Labute approximate surface area is 205 Å². The molecule has 3 aromatic heterocycles. The molecule has 3 aromatic rings. The van der Waals surface area contributed by atoms with Gasteiger partial charge in [-0.25, -0.2) is 23.1 Å². The fraction of sp³-hybridized carbons (Fsp3) is 0.417. The molecule has 1 fully saturated rings. The lowest BCUT2D eigenvalue weighted by atomic mass is 9.86. The maximum Gasteiger partial charge on any atom is 0.407 e. The van der Waals surface area contributed by atoms with Crippen LogP contribution >= 0.6 is 11.3 Å². The third-order valence-corrected chi connectivity index (χ3v) is 6.72. The Morgan fingerprint density at radius 3 is 2.83 bits per heavy atom. The largest absolute Gasteiger partial charge is 0.444 e. The minimum absolute atomic E-state index is 0.213. The third kappa shape index (κ3) is 5.34. The van der Waals surface area contributed by atoms with E-state index in [2.05, 4.69) is 27.3 Å². The first-order chi connectivity index (χ1) is 16.5. The van der Waals surface area contributed by atoms with Crippen molar-refractivity contribution in [2.45, 2.75) is 63.6 Å². The van der Waals surface area contributed by atoms with Crippen LogP contribution in [0, 0.1) is 0 Å². The first-order valence-corrected chi connectivity index (χ1v) is 12.0. The average Bonchev–Trinajstić information content (AvgIpc) is 3.38. The van der Waals surface area contributed by atoms with Crippen molar-refractivity contribution in [2.24, 2.45) is 0 Å². The van der Waals surface area contributed by atoms with Crippen LogP contribution in [0.1, 0.15) is 54.6 Å². The summed E-state index contributed by atoms with van der Waals surface area (Å²) in [6.45, 7) is 8.87. The first kappa shape index (κ1) is 24.8. The van der Waals surface area contributed by atoms with Crippen LogP contribution in [0.4, 0.5) is 13.6 Å². The molecule has 35 heavy (non-hydrogen) atoms. The predicted molar refractivity (Wildman–Crippen MR) is 130 cm³/mol. The van der Waals surface area contributed by atoms with Gasteiger partial charge in [0.25, 0.3) is 11.8 Å². The molecule has 1 aliphatic carbocycles. The summed E-state index contributed by atoms with van der Waals surface area (Å²) in [4.78, 5) is 30.6. The number of nitrogens with one attached hydrogen (secondary N) is 2. The van der Waals surface area contributed by atoms with Gasteiger partial charge in [-0.05, 0) is 51.8 Å². The van der Waals surface area contributed by atoms with Crippen molar-refractivity contribution in [1.82, 2.24) is 25.2 Å². The first-order valence-electron chi connectivity index (χ1n) is 11.2. The molecule has 0 aliphatic heterocycles. The van der Waals surface area contributed by atoms with E-state index in [1.54, 1.807) is 62.0 Å². The molecule has 0 radical (unpaired) electrons. The number of fused-ring (bicyclic) bond motifs is 1. The number of ether oxygens (including phenoxy) is 1. The Balaban J connectivity index is 1.58. The maximum absolute atomic E-state index is 14.9. The molecule has 0 saturated heterocycles. The molecule has 4 rings (SSSR count). The van der Waals surface area contributed by atoms with Gasteiger partial charge in [0.15, 0.2) is 5.65 Å². The van der Waals surface area contributed by atoms with Crippen LogP contribution in [0.3, 0.4) is 0 Å². The van der Waals surface area contributed by atoms with Crippen molar-refractivity contribution in [1.29, 1.82) is 0 Å². The number of hydrogen-bond acceptors (Lipinski definition) is 6.